The first-order valence-electron chi connectivity index (χ1n) is 3.88. The number of ketones is 1. The van der Waals surface area contributed by atoms with Crippen molar-refractivity contribution in [3.05, 3.63) is 0 Å². The highest BCUT2D eigenvalue weighted by molar-refractivity contribution is 5.84. The lowest BCUT2D eigenvalue weighted by molar-refractivity contribution is -0.129. The van der Waals surface area contributed by atoms with Crippen molar-refractivity contribution in [3.8, 4) is 0 Å². The Bertz CT molecular complexity index is 128. The molecule has 0 saturated heterocycles. The molecule has 0 spiro atoms. The molecule has 2 saturated carbocycles. The zero-order chi connectivity index (χ0) is 6.27. The molecular weight excluding hydrogens is 112 g/mol. The maximum Gasteiger partial charge on any atom is 0.133 e. The minimum absolute atomic E-state index is 0.492. The first-order chi connectivity index (χ1) is 4.36. The summed E-state index contributed by atoms with van der Waals surface area (Å²) in [5.41, 5.74) is 0. The first-order valence-corrected chi connectivity index (χ1v) is 3.88. The van der Waals surface area contributed by atoms with Gasteiger partial charge in [0.15, 0.2) is 0 Å². The van der Waals surface area contributed by atoms with E-state index in [1.165, 1.54) is 19.3 Å². The fourth-order valence-electron chi connectivity index (χ4n) is 1.77. The molecule has 2 aliphatic carbocycles. The van der Waals surface area contributed by atoms with Crippen molar-refractivity contribution in [1.82, 2.24) is 0 Å². The highest BCUT2D eigenvalue weighted by Gasteiger charge is 2.35. The summed E-state index contributed by atoms with van der Waals surface area (Å²) in [5.74, 6) is 2.25. The Kier molecular flexibility index (Phi) is 1.11. The van der Waals surface area contributed by atoms with Crippen molar-refractivity contribution in [2.24, 2.45) is 11.8 Å². The standard InChI is InChI=1S/C8H12O/c9-8-4-7(5-8)6-2-1-3-6/h6-7H,1-5H2. The topological polar surface area (TPSA) is 17.1 Å². The molecule has 9 heavy (non-hydrogen) atoms. The van der Waals surface area contributed by atoms with Crippen molar-refractivity contribution in [3.63, 3.8) is 0 Å². The van der Waals surface area contributed by atoms with Gasteiger partial charge in [0, 0.05) is 12.8 Å². The number of Topliss-reactive ketones (excluding diaryl/α,β-unsaturated/α-hetero) is 1. The van der Waals surface area contributed by atoms with Crippen LogP contribution in [-0.2, 0) is 4.79 Å². The zero-order valence-electron chi connectivity index (χ0n) is 5.60. The van der Waals surface area contributed by atoms with Crippen LogP contribution >= 0.6 is 0 Å². The molecule has 2 aliphatic rings. The van der Waals surface area contributed by atoms with Gasteiger partial charge in [-0.25, -0.2) is 0 Å². The van der Waals surface area contributed by atoms with E-state index >= 15 is 0 Å². The number of carbonyl (C=O) groups is 1. The molecule has 0 atom stereocenters. The monoisotopic (exact) mass is 124 g/mol. The maximum absolute atomic E-state index is 10.6. The van der Waals surface area contributed by atoms with Crippen LogP contribution in [0, 0.1) is 11.8 Å². The molecular formula is C8H12O. The average molecular weight is 124 g/mol. The van der Waals surface area contributed by atoms with Gasteiger partial charge in [0.25, 0.3) is 0 Å². The van der Waals surface area contributed by atoms with Crippen molar-refractivity contribution < 1.29 is 4.79 Å². The van der Waals surface area contributed by atoms with Gasteiger partial charge in [0.2, 0.25) is 0 Å². The predicted octanol–water partition coefficient (Wildman–Crippen LogP) is 1.77. The van der Waals surface area contributed by atoms with Crippen LogP contribution in [0.2, 0.25) is 0 Å². The number of hydrogen-bond acceptors (Lipinski definition) is 1. The van der Waals surface area contributed by atoms with Crippen LogP contribution in [0.4, 0.5) is 0 Å². The Morgan fingerprint density at radius 1 is 1.11 bits per heavy atom. The molecule has 0 aliphatic heterocycles. The van der Waals surface area contributed by atoms with E-state index < -0.39 is 0 Å². The molecule has 50 valence electrons. The van der Waals surface area contributed by atoms with Crippen LogP contribution in [0.15, 0.2) is 0 Å². The molecule has 0 heterocycles. The van der Waals surface area contributed by atoms with E-state index in [2.05, 4.69) is 0 Å². The van der Waals surface area contributed by atoms with Crippen LogP contribution < -0.4 is 0 Å². The average Bonchev–Trinajstić information content (AvgIpc) is 1.57. The lowest BCUT2D eigenvalue weighted by Crippen LogP contribution is -2.33. The number of carbonyl (C=O) groups excluding carboxylic acids is 1. The van der Waals surface area contributed by atoms with E-state index in [1.807, 2.05) is 0 Å². The van der Waals surface area contributed by atoms with Crippen LogP contribution in [0.25, 0.3) is 0 Å². The second-order valence-corrected chi connectivity index (χ2v) is 3.40. The molecule has 2 rings (SSSR count). The fourth-order valence-corrected chi connectivity index (χ4v) is 1.77. The van der Waals surface area contributed by atoms with Crippen molar-refractivity contribution in [1.29, 1.82) is 0 Å². The number of rotatable bonds is 1. The summed E-state index contributed by atoms with van der Waals surface area (Å²) in [4.78, 5) is 10.6. The Morgan fingerprint density at radius 3 is 2.11 bits per heavy atom. The van der Waals surface area contributed by atoms with E-state index in [-0.39, 0.29) is 0 Å². The lowest BCUT2D eigenvalue weighted by Gasteiger charge is -2.38. The van der Waals surface area contributed by atoms with Gasteiger partial charge < -0.3 is 0 Å². The van der Waals surface area contributed by atoms with Crippen LogP contribution in [0.1, 0.15) is 32.1 Å². The molecule has 2 fully saturated rings. The quantitative estimate of drug-likeness (QED) is 0.520. The molecule has 1 nitrogen and oxygen atoms in total. The predicted molar refractivity (Wildman–Crippen MR) is 35.1 cm³/mol. The van der Waals surface area contributed by atoms with E-state index in [4.69, 9.17) is 0 Å². The zero-order valence-corrected chi connectivity index (χ0v) is 5.60. The third-order valence-electron chi connectivity index (χ3n) is 2.80. The Labute approximate surface area is 55.4 Å². The lowest BCUT2D eigenvalue weighted by atomic mass is 9.66. The largest absolute Gasteiger partial charge is 0.300 e. The van der Waals surface area contributed by atoms with E-state index in [9.17, 15) is 4.79 Å². The van der Waals surface area contributed by atoms with Crippen LogP contribution in [0.5, 0.6) is 0 Å². The molecule has 0 aromatic carbocycles. The van der Waals surface area contributed by atoms with Crippen LogP contribution in [-0.4, -0.2) is 5.78 Å². The third-order valence-corrected chi connectivity index (χ3v) is 2.80. The summed E-state index contributed by atoms with van der Waals surface area (Å²) in [7, 11) is 0. The van der Waals surface area contributed by atoms with Gasteiger partial charge in [0.1, 0.15) is 5.78 Å². The van der Waals surface area contributed by atoms with Gasteiger partial charge in [-0.1, -0.05) is 19.3 Å². The molecule has 0 unspecified atom stereocenters. The smallest absolute Gasteiger partial charge is 0.133 e. The molecule has 0 N–H and O–H groups in total. The summed E-state index contributed by atoms with van der Waals surface area (Å²) in [6, 6.07) is 0. The van der Waals surface area contributed by atoms with Crippen molar-refractivity contribution in [2.45, 2.75) is 32.1 Å². The highest BCUT2D eigenvalue weighted by atomic mass is 16.1. The second kappa shape index (κ2) is 1.83. The molecule has 0 bridgehead atoms. The summed E-state index contributed by atoms with van der Waals surface area (Å²) < 4.78 is 0. The third kappa shape index (κ3) is 0.790. The summed E-state index contributed by atoms with van der Waals surface area (Å²) >= 11 is 0. The maximum atomic E-state index is 10.6. The molecule has 0 aromatic heterocycles. The Balaban J connectivity index is 1.81. The summed E-state index contributed by atoms with van der Waals surface area (Å²) in [6.07, 6.45) is 6.03. The van der Waals surface area contributed by atoms with Gasteiger partial charge >= 0.3 is 0 Å². The van der Waals surface area contributed by atoms with Gasteiger partial charge in [0.05, 0.1) is 0 Å². The molecule has 0 aromatic rings. The second-order valence-electron chi connectivity index (χ2n) is 3.40. The minimum atomic E-state index is 0.492. The van der Waals surface area contributed by atoms with Crippen molar-refractivity contribution in [2.75, 3.05) is 0 Å². The first kappa shape index (κ1) is 5.45. The highest BCUT2D eigenvalue weighted by Crippen LogP contribution is 2.41. The fraction of sp³-hybridized carbons (Fsp3) is 0.875. The van der Waals surface area contributed by atoms with E-state index in [0.29, 0.717) is 5.78 Å². The Morgan fingerprint density at radius 2 is 1.78 bits per heavy atom. The van der Waals surface area contributed by atoms with E-state index in [0.717, 1.165) is 24.7 Å². The van der Waals surface area contributed by atoms with E-state index in [1.54, 1.807) is 0 Å². The SMILES string of the molecule is O=C1CC(C2CCC2)C1. The molecule has 0 amide bonds. The van der Waals surface area contributed by atoms with Gasteiger partial charge in [-0.15, -0.1) is 0 Å². The van der Waals surface area contributed by atoms with Crippen molar-refractivity contribution >= 4 is 5.78 Å². The Hall–Kier alpha value is -0.330. The molecule has 1 heteroatoms. The summed E-state index contributed by atoms with van der Waals surface area (Å²) in [5, 5.41) is 0. The molecule has 0 radical (unpaired) electrons. The minimum Gasteiger partial charge on any atom is -0.300 e. The number of hydrogen-bond donors (Lipinski definition) is 0. The van der Waals surface area contributed by atoms with Gasteiger partial charge in [-0.05, 0) is 11.8 Å². The van der Waals surface area contributed by atoms with Gasteiger partial charge in [-0.2, -0.15) is 0 Å². The normalized spacial score (nSPS) is 29.6. The summed E-state index contributed by atoms with van der Waals surface area (Å²) in [6.45, 7) is 0. The van der Waals surface area contributed by atoms with Crippen LogP contribution in [0.3, 0.4) is 0 Å². The van der Waals surface area contributed by atoms with Gasteiger partial charge in [-0.3, -0.25) is 4.79 Å².